The molecule has 0 spiro atoms. The lowest BCUT2D eigenvalue weighted by Gasteiger charge is -2.41. The summed E-state index contributed by atoms with van der Waals surface area (Å²) in [5.74, 6) is -9.65. The fraction of sp³-hybridized carbons (Fsp3) is 0.817. The number of carbonyl (C=O) groups excluding carboxylic acids is 11. The van der Waals surface area contributed by atoms with Crippen LogP contribution >= 0.6 is 11.8 Å². The number of hydrogen-bond donors (Lipinski definition) is 6. The smallest absolute Gasteiger partial charge is 0.246 e. The van der Waals surface area contributed by atoms with E-state index in [1.807, 2.05) is 47.6 Å². The fourth-order valence-corrected chi connectivity index (χ4v) is 13.4. The highest BCUT2D eigenvalue weighted by Gasteiger charge is 2.47. The lowest BCUT2D eigenvalue weighted by atomic mass is 9.91. The Balaban J connectivity index is 4.59. The topological polar surface area (TPSA) is 302 Å². The van der Waals surface area contributed by atoms with E-state index in [2.05, 4.69) is 46.9 Å². The minimum Gasteiger partial charge on any atom is -0.390 e. The molecule has 1 heterocycles. The van der Waals surface area contributed by atoms with E-state index in [4.69, 9.17) is 0 Å². The van der Waals surface area contributed by atoms with Gasteiger partial charge in [-0.05, 0) is 141 Å². The molecule has 11 amide bonds. The Labute approximate surface area is 586 Å². The number of thioether (sulfide) groups is 1. The molecule has 0 aromatic heterocycles. The number of likely N-dealkylation sites (N-methyl/N-ethyl adjacent to an activating group) is 7. The van der Waals surface area contributed by atoms with E-state index in [0.29, 0.717) is 5.75 Å². The summed E-state index contributed by atoms with van der Waals surface area (Å²) in [5.41, 5.74) is -1.59. The van der Waals surface area contributed by atoms with Crippen LogP contribution in [0.2, 0.25) is 0 Å². The van der Waals surface area contributed by atoms with Gasteiger partial charge in [0, 0.05) is 67.5 Å². The van der Waals surface area contributed by atoms with Gasteiger partial charge in [0.05, 0.1) is 11.7 Å². The van der Waals surface area contributed by atoms with E-state index in [0.717, 1.165) is 29.3 Å². The predicted molar refractivity (Wildman–Crippen MR) is 383 cm³/mol. The van der Waals surface area contributed by atoms with Gasteiger partial charge in [-0.1, -0.05) is 102 Å². The van der Waals surface area contributed by atoms with Crippen LogP contribution in [0.1, 0.15) is 183 Å². The summed E-state index contributed by atoms with van der Waals surface area (Å²) in [5, 5.41) is 34.9. The highest BCUT2D eigenvalue weighted by Crippen LogP contribution is 2.27. The van der Waals surface area contributed by atoms with E-state index < -0.39 is 161 Å². The zero-order valence-corrected chi connectivity index (χ0v) is 65.1. The number of nitrogens with zero attached hydrogens (tertiary/aromatic N) is 8. The Morgan fingerprint density at radius 3 is 1.42 bits per heavy atom. The first kappa shape index (κ1) is 89.2. The predicted octanol–water partition coefficient (Wildman–Crippen LogP) is 4.61. The van der Waals surface area contributed by atoms with E-state index in [9.17, 15) is 29.4 Å². The largest absolute Gasteiger partial charge is 0.390 e. The van der Waals surface area contributed by atoms with Gasteiger partial charge in [-0.25, -0.2) is 0 Å². The Morgan fingerprint density at radius 1 is 0.515 bits per heavy atom. The van der Waals surface area contributed by atoms with E-state index in [-0.39, 0.29) is 68.1 Å². The van der Waals surface area contributed by atoms with Gasteiger partial charge in [0.15, 0.2) is 0 Å². The maximum absolute atomic E-state index is 15.5. The molecule has 0 unspecified atom stereocenters. The summed E-state index contributed by atoms with van der Waals surface area (Å²) < 4.78 is 0. The third kappa shape index (κ3) is 26.3. The summed E-state index contributed by atoms with van der Waals surface area (Å²) in [6.45, 7) is 36.9. The van der Waals surface area contributed by atoms with E-state index >= 15 is 33.6 Å². The van der Waals surface area contributed by atoms with Crippen LogP contribution in [0.15, 0.2) is 12.2 Å². The molecular formula is C71H130N12O13S. The average Bonchev–Trinajstić information content (AvgIpc) is 0.810. The van der Waals surface area contributed by atoms with Crippen molar-refractivity contribution in [1.29, 1.82) is 0 Å². The summed E-state index contributed by atoms with van der Waals surface area (Å²) >= 11 is 1.41. The second-order valence-electron chi connectivity index (χ2n) is 29.8. The van der Waals surface area contributed by atoms with Crippen molar-refractivity contribution in [2.24, 2.45) is 35.5 Å². The quantitative estimate of drug-likeness (QED) is 0.0602. The number of allylic oxidation sites excluding steroid dienone is 2. The van der Waals surface area contributed by atoms with Crippen LogP contribution in [0.4, 0.5) is 0 Å². The standard InChI is InChI=1S/C71H130N12O13S/c1-28-31-33-47(16)59(84)58-63(88)74-50(29-2)65(90)80(25)55(40-97-35-32-34-83(30-3)46(14)15)68(93)79(24)54(39-71(19,20)96)62(87)75-56(44(10)11)69(94)76(21)51(36-41(4)5)61(86)72-48(17)60(85)73-49(18)64(89)77(22)52(37-42(6)7)66(91)78(23)53(38-43(8)9)67(92)81(26)57(45(12)13)70(95)82(58)27/h28,31,41-59,84,96H,29-30,32-40H2,1-27H3,(H,72,86)(H,73,85)(H,74,88)(H,75,87)/b31-28+/t47-,48+,49-,50+,51+,52+,53+,54+,55-,56+,57+,58+,59-/m1/s1. The van der Waals surface area contributed by atoms with Crippen LogP contribution in [-0.4, -0.2) is 273 Å². The number of aliphatic hydroxyl groups excluding tert-OH is 1. The summed E-state index contributed by atoms with van der Waals surface area (Å²) in [6, 6.07) is -14.1. The first-order valence-electron chi connectivity index (χ1n) is 35.2. The molecule has 26 heteroatoms. The third-order valence-electron chi connectivity index (χ3n) is 18.5. The third-order valence-corrected chi connectivity index (χ3v) is 19.7. The van der Waals surface area contributed by atoms with Crippen molar-refractivity contribution in [1.82, 2.24) is 60.5 Å². The molecular weight excluding hydrogens is 1260 g/mol. The second-order valence-corrected chi connectivity index (χ2v) is 31.0. The van der Waals surface area contributed by atoms with Crippen molar-refractivity contribution in [2.45, 2.75) is 268 Å². The minimum atomic E-state index is -1.66. The molecule has 13 atom stereocenters. The molecule has 1 aliphatic rings. The van der Waals surface area contributed by atoms with Crippen LogP contribution in [0.5, 0.6) is 0 Å². The minimum absolute atomic E-state index is 0.0243. The first-order valence-corrected chi connectivity index (χ1v) is 36.3. The van der Waals surface area contributed by atoms with Gasteiger partial charge >= 0.3 is 0 Å². The maximum atomic E-state index is 15.5. The summed E-state index contributed by atoms with van der Waals surface area (Å²) in [6.07, 6.45) is 3.10. The highest BCUT2D eigenvalue weighted by molar-refractivity contribution is 7.99. The van der Waals surface area contributed by atoms with Crippen molar-refractivity contribution >= 4 is 76.7 Å². The lowest BCUT2D eigenvalue weighted by Crippen LogP contribution is -2.64. The number of carbonyl (C=O) groups is 11. The van der Waals surface area contributed by atoms with Crippen LogP contribution in [0.3, 0.4) is 0 Å². The van der Waals surface area contributed by atoms with Crippen LogP contribution < -0.4 is 21.3 Å². The Kier molecular flexibility index (Phi) is 37.7. The molecule has 1 aliphatic heterocycles. The van der Waals surface area contributed by atoms with Gasteiger partial charge in [-0.15, -0.1) is 0 Å². The Hall–Kier alpha value is -5.86. The normalized spacial score (nSPS) is 26.1. The van der Waals surface area contributed by atoms with Gasteiger partial charge in [0.25, 0.3) is 0 Å². The molecule has 0 aliphatic carbocycles. The highest BCUT2D eigenvalue weighted by atomic mass is 32.2. The molecule has 1 rings (SSSR count). The molecule has 0 bridgehead atoms. The number of rotatable bonds is 23. The van der Waals surface area contributed by atoms with Crippen LogP contribution in [-0.2, 0) is 52.7 Å². The molecule has 25 nitrogen and oxygen atoms in total. The maximum Gasteiger partial charge on any atom is 0.246 e. The number of nitrogens with one attached hydrogen (secondary N) is 4. The van der Waals surface area contributed by atoms with E-state index in [1.165, 1.54) is 113 Å². The Morgan fingerprint density at radius 2 is 0.959 bits per heavy atom. The average molecular weight is 1390 g/mol. The van der Waals surface area contributed by atoms with Crippen LogP contribution in [0, 0.1) is 35.5 Å². The van der Waals surface area contributed by atoms with Crippen molar-refractivity contribution in [3.63, 3.8) is 0 Å². The van der Waals surface area contributed by atoms with Crippen molar-refractivity contribution in [3.8, 4) is 0 Å². The Bertz CT molecular complexity index is 2630. The summed E-state index contributed by atoms with van der Waals surface area (Å²) in [4.78, 5) is 175. The van der Waals surface area contributed by atoms with Gasteiger partial charge < -0.3 is 70.7 Å². The molecule has 1 saturated heterocycles. The van der Waals surface area contributed by atoms with Crippen molar-refractivity contribution < 1.29 is 63.0 Å². The van der Waals surface area contributed by atoms with Crippen molar-refractivity contribution in [3.05, 3.63) is 12.2 Å². The molecule has 0 saturated carbocycles. The molecule has 6 N–H and O–H groups in total. The molecule has 97 heavy (non-hydrogen) atoms. The van der Waals surface area contributed by atoms with Crippen molar-refractivity contribution in [2.75, 3.05) is 73.9 Å². The van der Waals surface area contributed by atoms with Gasteiger partial charge in [0.2, 0.25) is 65.0 Å². The first-order chi connectivity index (χ1) is 44.8. The monoisotopic (exact) mass is 1390 g/mol. The number of hydrogen-bond acceptors (Lipinski definition) is 15. The zero-order chi connectivity index (χ0) is 75.2. The molecule has 558 valence electrons. The summed E-state index contributed by atoms with van der Waals surface area (Å²) in [7, 11) is 9.91. The zero-order valence-electron chi connectivity index (χ0n) is 64.3. The molecule has 0 aromatic carbocycles. The fourth-order valence-electron chi connectivity index (χ4n) is 12.3. The van der Waals surface area contributed by atoms with Crippen LogP contribution in [0.25, 0.3) is 0 Å². The van der Waals surface area contributed by atoms with Gasteiger partial charge in [0.1, 0.15) is 66.5 Å². The number of aliphatic hydroxyl groups is 2. The van der Waals surface area contributed by atoms with Gasteiger partial charge in [-0.2, -0.15) is 11.8 Å². The second kappa shape index (κ2) is 41.0. The van der Waals surface area contributed by atoms with E-state index in [1.54, 1.807) is 54.5 Å². The SMILES string of the molecule is C/C=C/C[C@@H](C)[C@@H](O)[C@H]1C(=O)N[C@@H](CC)C(=O)N(C)[C@H](CSCCCN(CC)C(C)C)C(=O)N(C)[C@@H](CC(C)(C)O)C(=O)N[C@@H](C(C)C)C(=O)N(C)[C@@H](CC(C)C)C(=O)N[C@@H](C)C(=O)N[C@H](C)C(=O)N(C)[C@@H](CC(C)C)C(=O)N(C)[C@@H](CC(C)C)C(=O)N(C)[C@@H](C(C)C)C(=O)N1C. The molecule has 0 aromatic rings. The lowest BCUT2D eigenvalue weighted by molar-refractivity contribution is -0.157. The van der Waals surface area contributed by atoms with Gasteiger partial charge in [-0.3, -0.25) is 52.7 Å². The number of amides is 11. The molecule has 0 radical (unpaired) electrons. The molecule has 1 fully saturated rings.